The number of carbonyl (C=O) groups excluding carboxylic acids is 1. The van der Waals surface area contributed by atoms with Gasteiger partial charge in [-0.25, -0.2) is 14.6 Å². The molecule has 0 spiro atoms. The maximum absolute atomic E-state index is 11.5. The number of hydrogen-bond donors (Lipinski definition) is 2. The third-order valence-electron chi connectivity index (χ3n) is 2.80. The Balaban J connectivity index is 1.62. The van der Waals surface area contributed by atoms with Crippen LogP contribution in [0.25, 0.3) is 6.08 Å². The van der Waals surface area contributed by atoms with Crippen LogP contribution in [0.3, 0.4) is 0 Å². The lowest BCUT2D eigenvalue weighted by Gasteiger charge is -2.05. The minimum absolute atomic E-state index is 0.256. The van der Waals surface area contributed by atoms with Crippen molar-refractivity contribution in [3.8, 4) is 0 Å². The molecule has 0 radical (unpaired) electrons. The number of nitrogens with one attached hydrogen (secondary N) is 2. The maximum atomic E-state index is 11.5. The van der Waals surface area contributed by atoms with Crippen LogP contribution in [0.2, 0.25) is 0 Å². The van der Waals surface area contributed by atoms with E-state index in [4.69, 9.17) is 4.74 Å². The van der Waals surface area contributed by atoms with Gasteiger partial charge >= 0.3 is 11.8 Å². The van der Waals surface area contributed by atoms with Crippen molar-refractivity contribution in [3.63, 3.8) is 0 Å². The highest BCUT2D eigenvalue weighted by molar-refractivity contribution is 5.67. The summed E-state index contributed by atoms with van der Waals surface area (Å²) >= 11 is 0. The maximum Gasteiger partial charge on any atom is 0.407 e. The first kappa shape index (κ1) is 15.5. The standard InChI is InChI=1S/C16H17N3O3/c20-15-18-10-14(11-19-15)8-4-5-9-17-16(21)22-12-13-6-2-1-3-7-13/h1-4,6-8,10-11H,5,9,12H2,(H,17,21)(H,18,19,20). The van der Waals surface area contributed by atoms with Crippen LogP contribution in [0.4, 0.5) is 4.79 Å². The fourth-order valence-electron chi connectivity index (χ4n) is 1.70. The number of hydrogen-bond acceptors (Lipinski definition) is 4. The fourth-order valence-corrected chi connectivity index (χ4v) is 1.70. The molecule has 0 fully saturated rings. The van der Waals surface area contributed by atoms with Gasteiger partial charge in [0.25, 0.3) is 0 Å². The monoisotopic (exact) mass is 299 g/mol. The highest BCUT2D eigenvalue weighted by atomic mass is 16.5. The summed E-state index contributed by atoms with van der Waals surface area (Å²) in [5.74, 6) is 0. The molecule has 6 heteroatoms. The van der Waals surface area contributed by atoms with Crippen LogP contribution in [0.5, 0.6) is 0 Å². The SMILES string of the molecule is O=C(NCCC=Cc1cnc(=O)[nH]c1)OCc1ccccc1. The zero-order valence-corrected chi connectivity index (χ0v) is 12.0. The van der Waals surface area contributed by atoms with Crippen LogP contribution >= 0.6 is 0 Å². The molecule has 2 rings (SSSR count). The summed E-state index contributed by atoms with van der Waals surface area (Å²) in [7, 11) is 0. The van der Waals surface area contributed by atoms with Crippen molar-refractivity contribution in [1.82, 2.24) is 15.3 Å². The first-order valence-electron chi connectivity index (χ1n) is 6.90. The van der Waals surface area contributed by atoms with Crippen molar-refractivity contribution in [3.05, 3.63) is 70.4 Å². The number of H-pyrrole nitrogens is 1. The molecule has 1 heterocycles. The average molecular weight is 299 g/mol. The van der Waals surface area contributed by atoms with Gasteiger partial charge in [0.1, 0.15) is 6.61 Å². The van der Waals surface area contributed by atoms with E-state index >= 15 is 0 Å². The number of alkyl carbamates (subject to hydrolysis) is 1. The summed E-state index contributed by atoms with van der Waals surface area (Å²) < 4.78 is 5.08. The quantitative estimate of drug-likeness (QED) is 0.800. The van der Waals surface area contributed by atoms with Crippen LogP contribution < -0.4 is 11.0 Å². The van der Waals surface area contributed by atoms with E-state index in [0.717, 1.165) is 11.1 Å². The zero-order valence-electron chi connectivity index (χ0n) is 12.0. The summed E-state index contributed by atoms with van der Waals surface area (Å²) in [5, 5.41) is 2.66. The van der Waals surface area contributed by atoms with Gasteiger partial charge in [0, 0.05) is 24.5 Å². The van der Waals surface area contributed by atoms with Gasteiger partial charge in [-0.2, -0.15) is 0 Å². The van der Waals surface area contributed by atoms with Gasteiger partial charge in [-0.05, 0) is 12.0 Å². The van der Waals surface area contributed by atoms with Crippen LogP contribution in [0.15, 0.2) is 53.6 Å². The Morgan fingerprint density at radius 2 is 2.14 bits per heavy atom. The van der Waals surface area contributed by atoms with Crippen molar-refractivity contribution < 1.29 is 9.53 Å². The molecule has 0 saturated carbocycles. The van der Waals surface area contributed by atoms with Crippen LogP contribution in [0.1, 0.15) is 17.5 Å². The third-order valence-corrected chi connectivity index (χ3v) is 2.80. The minimum atomic E-state index is -0.442. The number of benzene rings is 1. The zero-order chi connectivity index (χ0) is 15.6. The highest BCUT2D eigenvalue weighted by Crippen LogP contribution is 2.00. The van der Waals surface area contributed by atoms with Gasteiger partial charge in [0.15, 0.2) is 0 Å². The molecule has 1 aromatic carbocycles. The topological polar surface area (TPSA) is 84.1 Å². The predicted octanol–water partition coefficient (Wildman–Crippen LogP) is 2.10. The summed E-state index contributed by atoms with van der Waals surface area (Å²) in [6.45, 7) is 0.729. The van der Waals surface area contributed by atoms with E-state index in [1.165, 1.54) is 6.20 Å². The van der Waals surface area contributed by atoms with Crippen molar-refractivity contribution >= 4 is 12.2 Å². The van der Waals surface area contributed by atoms with Crippen molar-refractivity contribution in [2.75, 3.05) is 6.54 Å². The van der Waals surface area contributed by atoms with Gasteiger partial charge in [-0.3, -0.25) is 0 Å². The molecule has 0 aliphatic carbocycles. The largest absolute Gasteiger partial charge is 0.445 e. The van der Waals surface area contributed by atoms with E-state index < -0.39 is 6.09 Å². The second-order valence-corrected chi connectivity index (χ2v) is 4.53. The Kier molecular flexibility index (Phi) is 5.92. The van der Waals surface area contributed by atoms with Gasteiger partial charge in [0.05, 0.1) is 0 Å². The molecule has 2 N–H and O–H groups in total. The minimum Gasteiger partial charge on any atom is -0.445 e. The van der Waals surface area contributed by atoms with Crippen LogP contribution in [-0.4, -0.2) is 22.6 Å². The molecule has 0 atom stereocenters. The van der Waals surface area contributed by atoms with Crippen molar-refractivity contribution in [1.29, 1.82) is 0 Å². The van der Waals surface area contributed by atoms with Crippen molar-refractivity contribution in [2.45, 2.75) is 13.0 Å². The molecular formula is C16H17N3O3. The Morgan fingerprint density at radius 3 is 2.86 bits per heavy atom. The highest BCUT2D eigenvalue weighted by Gasteiger charge is 2.00. The molecule has 1 amide bonds. The van der Waals surface area contributed by atoms with Gasteiger partial charge in [-0.15, -0.1) is 0 Å². The van der Waals surface area contributed by atoms with E-state index in [9.17, 15) is 9.59 Å². The Morgan fingerprint density at radius 1 is 1.32 bits per heavy atom. The third kappa shape index (κ3) is 5.62. The number of aromatic amines is 1. The molecule has 1 aromatic heterocycles. The molecule has 0 aliphatic heterocycles. The number of amides is 1. The summed E-state index contributed by atoms with van der Waals surface area (Å²) in [6, 6.07) is 9.50. The molecule has 0 aliphatic rings. The average Bonchev–Trinajstić information content (AvgIpc) is 2.55. The normalized spacial score (nSPS) is 10.5. The second kappa shape index (κ2) is 8.41. The van der Waals surface area contributed by atoms with E-state index in [1.54, 1.807) is 6.20 Å². The molecular weight excluding hydrogens is 282 g/mol. The smallest absolute Gasteiger partial charge is 0.407 e. The summed E-state index contributed by atoms with van der Waals surface area (Å²) in [5.41, 5.74) is 1.37. The first-order valence-corrected chi connectivity index (χ1v) is 6.90. The van der Waals surface area contributed by atoms with E-state index in [0.29, 0.717) is 13.0 Å². The van der Waals surface area contributed by atoms with Gasteiger partial charge < -0.3 is 15.0 Å². The molecule has 6 nitrogen and oxygen atoms in total. The molecule has 0 unspecified atom stereocenters. The number of nitrogens with zero attached hydrogens (tertiary/aromatic N) is 1. The fraction of sp³-hybridized carbons (Fsp3) is 0.188. The Labute approximate surface area is 127 Å². The van der Waals surface area contributed by atoms with E-state index in [2.05, 4.69) is 15.3 Å². The van der Waals surface area contributed by atoms with Gasteiger partial charge in [-0.1, -0.05) is 42.5 Å². The van der Waals surface area contributed by atoms with E-state index in [-0.39, 0.29) is 12.3 Å². The van der Waals surface area contributed by atoms with E-state index in [1.807, 2.05) is 42.5 Å². The van der Waals surface area contributed by atoms with Crippen LogP contribution in [0, 0.1) is 0 Å². The second-order valence-electron chi connectivity index (χ2n) is 4.53. The Hall–Kier alpha value is -2.89. The molecule has 0 saturated heterocycles. The van der Waals surface area contributed by atoms with Gasteiger partial charge in [0.2, 0.25) is 0 Å². The van der Waals surface area contributed by atoms with Crippen molar-refractivity contribution in [2.24, 2.45) is 0 Å². The number of aromatic nitrogens is 2. The lowest BCUT2D eigenvalue weighted by molar-refractivity contribution is 0.140. The lowest BCUT2D eigenvalue weighted by atomic mass is 10.2. The summed E-state index contributed by atoms with van der Waals surface area (Å²) in [6.07, 6.45) is 6.97. The Bertz CT molecular complexity index is 660. The molecule has 0 bridgehead atoms. The number of rotatable bonds is 6. The molecule has 2 aromatic rings. The van der Waals surface area contributed by atoms with Crippen LogP contribution in [-0.2, 0) is 11.3 Å². The molecule has 114 valence electrons. The predicted molar refractivity (Wildman–Crippen MR) is 83.1 cm³/mol. The number of ether oxygens (including phenoxy) is 1. The number of carbonyl (C=O) groups is 1. The lowest BCUT2D eigenvalue weighted by Crippen LogP contribution is -2.24. The summed E-state index contributed by atoms with van der Waals surface area (Å²) in [4.78, 5) is 28.4. The molecule has 22 heavy (non-hydrogen) atoms. The first-order chi connectivity index (χ1) is 10.7.